The maximum absolute atomic E-state index is 12.7. The third-order valence-corrected chi connectivity index (χ3v) is 5.09. The maximum Gasteiger partial charge on any atom is 0.345 e. The number of benzene rings is 1. The van der Waals surface area contributed by atoms with Crippen LogP contribution in [0.3, 0.4) is 0 Å². The van der Waals surface area contributed by atoms with Crippen LogP contribution in [0.5, 0.6) is 0 Å². The molecule has 0 radical (unpaired) electrons. The second-order valence-electron chi connectivity index (χ2n) is 7.41. The van der Waals surface area contributed by atoms with E-state index in [2.05, 4.69) is 15.3 Å². The largest absolute Gasteiger partial charge is 0.422 e. The molecule has 0 unspecified atom stereocenters. The lowest BCUT2D eigenvalue weighted by Crippen LogP contribution is -2.36. The lowest BCUT2D eigenvalue weighted by Gasteiger charge is -2.13. The van der Waals surface area contributed by atoms with Gasteiger partial charge in [-0.3, -0.25) is 4.98 Å². The van der Waals surface area contributed by atoms with Crippen LogP contribution in [-0.4, -0.2) is 50.4 Å². The predicted octanol–water partition coefficient (Wildman–Crippen LogP) is 1.60. The summed E-state index contributed by atoms with van der Waals surface area (Å²) < 4.78 is 7.46. The number of fused-ring (bicyclic) bond motifs is 2. The Labute approximate surface area is 172 Å². The Morgan fingerprint density at radius 2 is 1.93 bits per heavy atom. The normalized spacial score (nSPS) is 11.8. The fourth-order valence-corrected chi connectivity index (χ4v) is 3.53. The van der Waals surface area contributed by atoms with Gasteiger partial charge in [-0.15, -0.1) is 0 Å². The van der Waals surface area contributed by atoms with Crippen molar-refractivity contribution < 1.29 is 14.6 Å². The highest BCUT2D eigenvalue weighted by atomic mass is 16.4. The van der Waals surface area contributed by atoms with Crippen molar-refractivity contribution in [2.75, 3.05) is 19.8 Å². The Kier molecular flexibility index (Phi) is 5.63. The number of nitrogens with zero attached hydrogens (tertiary/aromatic N) is 3. The molecule has 8 nitrogen and oxygen atoms in total. The van der Waals surface area contributed by atoms with Gasteiger partial charge < -0.3 is 24.3 Å². The van der Waals surface area contributed by atoms with Crippen molar-refractivity contribution in [3.63, 3.8) is 0 Å². The zero-order valence-electron chi connectivity index (χ0n) is 16.9. The zero-order chi connectivity index (χ0) is 21.3. The highest BCUT2D eigenvalue weighted by Crippen LogP contribution is 2.23. The van der Waals surface area contributed by atoms with Gasteiger partial charge in [-0.05, 0) is 44.5 Å². The third-order valence-electron chi connectivity index (χ3n) is 5.09. The van der Waals surface area contributed by atoms with E-state index in [1.165, 1.54) is 0 Å². The van der Waals surface area contributed by atoms with Crippen LogP contribution < -0.4 is 10.9 Å². The average Bonchev–Trinajstić information content (AvgIpc) is 3.14. The first-order chi connectivity index (χ1) is 14.5. The number of imidazole rings is 1. The fraction of sp³-hybridized carbons (Fsp3) is 0.318. The molecule has 0 bridgehead atoms. The first kappa shape index (κ1) is 20.2. The summed E-state index contributed by atoms with van der Waals surface area (Å²) in [5.41, 5.74) is 4.41. The van der Waals surface area contributed by atoms with E-state index in [-0.39, 0.29) is 19.3 Å². The third kappa shape index (κ3) is 3.97. The lowest BCUT2D eigenvalue weighted by molar-refractivity contribution is 0.171. The zero-order valence-corrected chi connectivity index (χ0v) is 16.9. The molecule has 3 aromatic heterocycles. The minimum Gasteiger partial charge on any atom is -0.422 e. The molecule has 4 rings (SSSR count). The van der Waals surface area contributed by atoms with Crippen molar-refractivity contribution in [1.29, 1.82) is 0 Å². The number of aromatic nitrogens is 3. The van der Waals surface area contributed by atoms with E-state index >= 15 is 0 Å². The van der Waals surface area contributed by atoms with Gasteiger partial charge in [0.15, 0.2) is 5.65 Å². The van der Waals surface area contributed by atoms with Gasteiger partial charge in [0.25, 0.3) is 0 Å². The number of aryl methyl sites for hydroxylation is 2. The topological polar surface area (TPSA) is 113 Å². The van der Waals surface area contributed by atoms with Gasteiger partial charge in [0.2, 0.25) is 0 Å². The lowest BCUT2D eigenvalue weighted by atomic mass is 10.1. The van der Waals surface area contributed by atoms with Crippen LogP contribution in [-0.2, 0) is 6.42 Å². The molecular weight excluding hydrogens is 384 g/mol. The van der Waals surface area contributed by atoms with E-state index in [4.69, 9.17) is 14.6 Å². The number of aliphatic hydroxyl groups is 2. The smallest absolute Gasteiger partial charge is 0.345 e. The van der Waals surface area contributed by atoms with Gasteiger partial charge in [-0.2, -0.15) is 0 Å². The Morgan fingerprint density at radius 1 is 1.13 bits per heavy atom. The molecule has 3 heterocycles. The van der Waals surface area contributed by atoms with Gasteiger partial charge >= 0.3 is 5.63 Å². The molecule has 0 spiro atoms. The predicted molar refractivity (Wildman–Crippen MR) is 114 cm³/mol. The van der Waals surface area contributed by atoms with Crippen LogP contribution in [0.15, 0.2) is 45.9 Å². The number of hydrogen-bond acceptors (Lipinski definition) is 7. The summed E-state index contributed by atoms with van der Waals surface area (Å²) in [7, 11) is 0. The van der Waals surface area contributed by atoms with Gasteiger partial charge in [0, 0.05) is 17.8 Å². The van der Waals surface area contributed by atoms with Crippen LogP contribution in [0.2, 0.25) is 0 Å². The molecule has 0 aliphatic carbocycles. The molecule has 0 aliphatic rings. The summed E-state index contributed by atoms with van der Waals surface area (Å²) in [5.74, 6) is 0. The second kappa shape index (κ2) is 8.35. The maximum atomic E-state index is 12.7. The summed E-state index contributed by atoms with van der Waals surface area (Å²) in [6.45, 7) is 4.15. The van der Waals surface area contributed by atoms with E-state index in [1.807, 2.05) is 48.8 Å². The van der Waals surface area contributed by atoms with Gasteiger partial charge in [0.1, 0.15) is 5.58 Å². The molecule has 1 aromatic carbocycles. The van der Waals surface area contributed by atoms with Gasteiger partial charge in [-0.1, -0.05) is 12.1 Å². The van der Waals surface area contributed by atoms with E-state index < -0.39 is 5.63 Å². The van der Waals surface area contributed by atoms with E-state index in [0.29, 0.717) is 35.5 Å². The van der Waals surface area contributed by atoms with Crippen LogP contribution in [0, 0.1) is 13.8 Å². The van der Waals surface area contributed by atoms with Crippen LogP contribution in [0.4, 0.5) is 0 Å². The molecular formula is C22H24N4O4. The van der Waals surface area contributed by atoms with Crippen LogP contribution in [0.25, 0.3) is 27.9 Å². The minimum absolute atomic E-state index is 0.121. The molecule has 4 aromatic rings. The quantitative estimate of drug-likeness (QED) is 0.398. The average molecular weight is 408 g/mol. The second-order valence-corrected chi connectivity index (χ2v) is 7.41. The number of aliphatic hydroxyl groups excluding tert-OH is 2. The molecule has 0 atom stereocenters. The summed E-state index contributed by atoms with van der Waals surface area (Å²) >= 11 is 0. The summed E-state index contributed by atoms with van der Waals surface area (Å²) in [5, 5.41) is 22.1. The molecule has 3 N–H and O–H groups in total. The monoisotopic (exact) mass is 408 g/mol. The summed E-state index contributed by atoms with van der Waals surface area (Å²) in [4.78, 5) is 21.6. The molecule has 30 heavy (non-hydrogen) atoms. The van der Waals surface area contributed by atoms with Crippen molar-refractivity contribution in [2.24, 2.45) is 0 Å². The molecule has 0 amide bonds. The van der Waals surface area contributed by atoms with Crippen LogP contribution >= 0.6 is 0 Å². The molecule has 8 heteroatoms. The van der Waals surface area contributed by atoms with Crippen molar-refractivity contribution in [2.45, 2.75) is 26.3 Å². The fourth-order valence-electron chi connectivity index (χ4n) is 3.53. The van der Waals surface area contributed by atoms with Crippen molar-refractivity contribution >= 4 is 16.6 Å². The number of hydrogen-bond donors (Lipinski definition) is 3. The Hall–Kier alpha value is -3.07. The van der Waals surface area contributed by atoms with Crippen molar-refractivity contribution in [3.8, 4) is 11.3 Å². The van der Waals surface area contributed by atoms with Crippen molar-refractivity contribution in [3.05, 3.63) is 64.0 Å². The molecule has 156 valence electrons. The molecule has 0 fully saturated rings. The Bertz CT molecular complexity index is 1260. The number of rotatable bonds is 7. The molecule has 0 saturated heterocycles. The molecule has 0 saturated carbocycles. The first-order valence-electron chi connectivity index (χ1n) is 9.83. The standard InChI is InChI=1S/C22H24N4O4/c1-13-9-26-10-19(25-21(26)14(2)24-13)18-8-16-4-3-15(7-20(16)30-22(18)29)5-6-23-17(11-27)12-28/h3-4,7-10,17,23,27-28H,5-6,11-12H2,1-2H3. The van der Waals surface area contributed by atoms with Gasteiger partial charge in [0.05, 0.1) is 41.9 Å². The summed E-state index contributed by atoms with van der Waals surface area (Å²) in [6.07, 6.45) is 4.36. The highest BCUT2D eigenvalue weighted by Gasteiger charge is 2.14. The SMILES string of the molecule is Cc1cn2cc(-c3cc4ccc(CCNC(CO)CO)cc4oc3=O)nc2c(C)n1. The van der Waals surface area contributed by atoms with Crippen molar-refractivity contribution in [1.82, 2.24) is 19.7 Å². The van der Waals surface area contributed by atoms with E-state index in [0.717, 1.165) is 22.3 Å². The summed E-state index contributed by atoms with van der Waals surface area (Å²) in [6, 6.07) is 7.20. The van der Waals surface area contributed by atoms with E-state index in [9.17, 15) is 4.79 Å². The highest BCUT2D eigenvalue weighted by molar-refractivity contribution is 5.81. The number of nitrogens with one attached hydrogen (secondary N) is 1. The Balaban J connectivity index is 1.63. The molecule has 0 aliphatic heterocycles. The Morgan fingerprint density at radius 3 is 2.70 bits per heavy atom. The minimum atomic E-state index is -0.441. The van der Waals surface area contributed by atoms with Gasteiger partial charge in [-0.25, -0.2) is 9.78 Å². The van der Waals surface area contributed by atoms with Crippen LogP contribution in [0.1, 0.15) is 17.0 Å². The first-order valence-corrected chi connectivity index (χ1v) is 9.83. The van der Waals surface area contributed by atoms with E-state index in [1.54, 1.807) is 6.07 Å².